The standard InChI is InChI=1S/C12H15NOS/c1-9(14)10-6-7-13-12(8-10)15-11-4-2-3-5-11/h6-8,11H,2-5H2,1H3. The van der Waals surface area contributed by atoms with Gasteiger partial charge in [0.05, 0.1) is 5.03 Å². The highest BCUT2D eigenvalue weighted by molar-refractivity contribution is 7.99. The Balaban J connectivity index is 2.07. The van der Waals surface area contributed by atoms with Gasteiger partial charge in [0.15, 0.2) is 5.78 Å². The molecule has 0 aliphatic heterocycles. The van der Waals surface area contributed by atoms with Crippen molar-refractivity contribution in [3.8, 4) is 0 Å². The van der Waals surface area contributed by atoms with Crippen molar-refractivity contribution in [3.63, 3.8) is 0 Å². The van der Waals surface area contributed by atoms with Crippen LogP contribution in [0.5, 0.6) is 0 Å². The highest BCUT2D eigenvalue weighted by Gasteiger charge is 2.16. The lowest BCUT2D eigenvalue weighted by Crippen LogP contribution is -1.97. The van der Waals surface area contributed by atoms with E-state index in [0.717, 1.165) is 10.6 Å². The van der Waals surface area contributed by atoms with Gasteiger partial charge in [-0.25, -0.2) is 4.98 Å². The van der Waals surface area contributed by atoms with Crippen molar-refractivity contribution < 1.29 is 4.79 Å². The van der Waals surface area contributed by atoms with Gasteiger partial charge >= 0.3 is 0 Å². The highest BCUT2D eigenvalue weighted by atomic mass is 32.2. The van der Waals surface area contributed by atoms with Crippen molar-refractivity contribution in [1.82, 2.24) is 4.98 Å². The number of pyridine rings is 1. The van der Waals surface area contributed by atoms with Crippen LogP contribution in [0, 0.1) is 0 Å². The summed E-state index contributed by atoms with van der Waals surface area (Å²) in [5, 5.41) is 1.70. The number of Topliss-reactive ketones (excluding diaryl/α,β-unsaturated/α-hetero) is 1. The first-order valence-corrected chi connectivity index (χ1v) is 6.27. The van der Waals surface area contributed by atoms with Gasteiger partial charge in [-0.2, -0.15) is 0 Å². The summed E-state index contributed by atoms with van der Waals surface area (Å²) in [6, 6.07) is 3.69. The van der Waals surface area contributed by atoms with Gasteiger partial charge in [-0.1, -0.05) is 12.8 Å². The van der Waals surface area contributed by atoms with Crippen molar-refractivity contribution in [2.24, 2.45) is 0 Å². The molecule has 0 aromatic carbocycles. The average Bonchev–Trinajstić information content (AvgIpc) is 2.71. The topological polar surface area (TPSA) is 30.0 Å². The quantitative estimate of drug-likeness (QED) is 0.733. The predicted molar refractivity (Wildman–Crippen MR) is 62.4 cm³/mol. The molecule has 0 spiro atoms. The lowest BCUT2D eigenvalue weighted by molar-refractivity contribution is 0.101. The number of carbonyl (C=O) groups is 1. The van der Waals surface area contributed by atoms with Crippen molar-refractivity contribution in [2.75, 3.05) is 0 Å². The summed E-state index contributed by atoms with van der Waals surface area (Å²) in [6.07, 6.45) is 6.98. The van der Waals surface area contributed by atoms with Gasteiger partial charge in [0.2, 0.25) is 0 Å². The lowest BCUT2D eigenvalue weighted by atomic mass is 10.2. The van der Waals surface area contributed by atoms with Gasteiger partial charge in [-0.3, -0.25) is 4.79 Å². The monoisotopic (exact) mass is 221 g/mol. The molecule has 0 saturated heterocycles. The van der Waals surface area contributed by atoms with E-state index in [2.05, 4.69) is 4.98 Å². The van der Waals surface area contributed by atoms with E-state index < -0.39 is 0 Å². The zero-order valence-electron chi connectivity index (χ0n) is 8.90. The lowest BCUT2D eigenvalue weighted by Gasteiger charge is -2.07. The molecule has 2 nitrogen and oxygen atoms in total. The second-order valence-electron chi connectivity index (χ2n) is 3.96. The molecule has 0 bridgehead atoms. The Morgan fingerprint density at radius 2 is 2.20 bits per heavy atom. The Kier molecular flexibility index (Phi) is 3.41. The normalized spacial score (nSPS) is 16.9. The summed E-state index contributed by atoms with van der Waals surface area (Å²) < 4.78 is 0. The van der Waals surface area contributed by atoms with Crippen molar-refractivity contribution in [3.05, 3.63) is 23.9 Å². The van der Waals surface area contributed by atoms with Crippen LogP contribution in [-0.4, -0.2) is 16.0 Å². The number of nitrogens with zero attached hydrogens (tertiary/aromatic N) is 1. The second-order valence-corrected chi connectivity index (χ2v) is 5.28. The maximum absolute atomic E-state index is 11.2. The van der Waals surface area contributed by atoms with Crippen LogP contribution in [0.4, 0.5) is 0 Å². The van der Waals surface area contributed by atoms with E-state index in [1.807, 2.05) is 17.8 Å². The Morgan fingerprint density at radius 1 is 1.47 bits per heavy atom. The first-order chi connectivity index (χ1) is 7.25. The largest absolute Gasteiger partial charge is 0.295 e. The summed E-state index contributed by atoms with van der Waals surface area (Å²) in [6.45, 7) is 1.60. The molecule has 3 heteroatoms. The fourth-order valence-electron chi connectivity index (χ4n) is 1.87. The molecular weight excluding hydrogens is 206 g/mol. The average molecular weight is 221 g/mol. The number of hydrogen-bond acceptors (Lipinski definition) is 3. The number of thioether (sulfide) groups is 1. The number of hydrogen-bond donors (Lipinski definition) is 0. The van der Waals surface area contributed by atoms with Gasteiger partial charge in [-0.15, -0.1) is 11.8 Å². The van der Waals surface area contributed by atoms with Crippen LogP contribution < -0.4 is 0 Å². The first kappa shape index (κ1) is 10.7. The van der Waals surface area contributed by atoms with Gasteiger partial charge < -0.3 is 0 Å². The van der Waals surface area contributed by atoms with Crippen LogP contribution in [0.25, 0.3) is 0 Å². The molecule has 1 aromatic heterocycles. The van der Waals surface area contributed by atoms with Crippen molar-refractivity contribution in [1.29, 1.82) is 0 Å². The minimum absolute atomic E-state index is 0.116. The van der Waals surface area contributed by atoms with E-state index in [-0.39, 0.29) is 5.78 Å². The van der Waals surface area contributed by atoms with Crippen LogP contribution in [0.15, 0.2) is 23.4 Å². The molecule has 1 aliphatic carbocycles. The molecule has 0 amide bonds. The molecule has 80 valence electrons. The second kappa shape index (κ2) is 4.79. The fraction of sp³-hybridized carbons (Fsp3) is 0.500. The zero-order chi connectivity index (χ0) is 10.7. The van der Waals surface area contributed by atoms with E-state index >= 15 is 0 Å². The molecule has 0 atom stereocenters. The highest BCUT2D eigenvalue weighted by Crippen LogP contribution is 2.33. The third kappa shape index (κ3) is 2.81. The molecule has 1 saturated carbocycles. The van der Waals surface area contributed by atoms with Crippen LogP contribution in [0.3, 0.4) is 0 Å². The summed E-state index contributed by atoms with van der Waals surface area (Å²) >= 11 is 1.82. The molecular formula is C12H15NOS. The zero-order valence-corrected chi connectivity index (χ0v) is 9.72. The minimum atomic E-state index is 0.116. The maximum atomic E-state index is 11.2. The van der Waals surface area contributed by atoms with Crippen molar-refractivity contribution in [2.45, 2.75) is 42.9 Å². The minimum Gasteiger partial charge on any atom is -0.295 e. The Hall–Kier alpha value is -0.830. The molecule has 15 heavy (non-hydrogen) atoms. The number of ketones is 1. The number of aromatic nitrogens is 1. The van der Waals surface area contributed by atoms with E-state index in [4.69, 9.17) is 0 Å². The molecule has 0 N–H and O–H groups in total. The Bertz CT molecular complexity index is 358. The fourth-order valence-corrected chi connectivity index (χ4v) is 3.10. The summed E-state index contributed by atoms with van der Waals surface area (Å²) in [5.74, 6) is 0.116. The molecule has 0 unspecified atom stereocenters. The van der Waals surface area contributed by atoms with Crippen LogP contribution in [0.2, 0.25) is 0 Å². The summed E-state index contributed by atoms with van der Waals surface area (Å²) in [5.41, 5.74) is 0.769. The summed E-state index contributed by atoms with van der Waals surface area (Å²) in [4.78, 5) is 15.5. The predicted octanol–water partition coefficient (Wildman–Crippen LogP) is 3.32. The van der Waals surface area contributed by atoms with E-state index in [0.29, 0.717) is 5.25 Å². The van der Waals surface area contributed by atoms with Gasteiger partial charge in [-0.05, 0) is 31.9 Å². The molecule has 1 heterocycles. The van der Waals surface area contributed by atoms with Crippen molar-refractivity contribution >= 4 is 17.5 Å². The Labute approximate surface area is 94.5 Å². The van der Waals surface area contributed by atoms with Gasteiger partial charge in [0.25, 0.3) is 0 Å². The SMILES string of the molecule is CC(=O)c1ccnc(SC2CCCC2)c1. The third-order valence-electron chi connectivity index (χ3n) is 2.73. The third-order valence-corrected chi connectivity index (χ3v) is 4.00. The van der Waals surface area contributed by atoms with Gasteiger partial charge in [0, 0.05) is 17.0 Å². The number of carbonyl (C=O) groups excluding carboxylic acids is 1. The first-order valence-electron chi connectivity index (χ1n) is 5.39. The van der Waals surface area contributed by atoms with E-state index in [9.17, 15) is 4.79 Å². The molecule has 1 aliphatic rings. The molecule has 2 rings (SSSR count). The smallest absolute Gasteiger partial charge is 0.159 e. The molecule has 1 aromatic rings. The summed E-state index contributed by atoms with van der Waals surface area (Å²) in [7, 11) is 0. The maximum Gasteiger partial charge on any atom is 0.159 e. The van der Waals surface area contributed by atoms with E-state index in [1.165, 1.54) is 25.7 Å². The number of rotatable bonds is 3. The van der Waals surface area contributed by atoms with Crippen LogP contribution in [0.1, 0.15) is 43.0 Å². The van der Waals surface area contributed by atoms with Crippen LogP contribution in [-0.2, 0) is 0 Å². The van der Waals surface area contributed by atoms with E-state index in [1.54, 1.807) is 19.2 Å². The van der Waals surface area contributed by atoms with Crippen LogP contribution >= 0.6 is 11.8 Å². The van der Waals surface area contributed by atoms with Gasteiger partial charge in [0.1, 0.15) is 0 Å². The molecule has 0 radical (unpaired) electrons. The molecule has 1 fully saturated rings. The Morgan fingerprint density at radius 3 is 2.87 bits per heavy atom.